The van der Waals surface area contributed by atoms with Crippen molar-refractivity contribution in [1.29, 1.82) is 0 Å². The van der Waals surface area contributed by atoms with Crippen LogP contribution in [-0.4, -0.2) is 32.4 Å². The Bertz CT molecular complexity index is 874. The van der Waals surface area contributed by atoms with E-state index in [0.29, 0.717) is 6.92 Å². The fourth-order valence-corrected chi connectivity index (χ4v) is 5.50. The molecule has 0 aromatic heterocycles. The summed E-state index contributed by atoms with van der Waals surface area (Å²) in [7, 11) is -12.9. The molecular weight excluding hydrogens is 482 g/mol. The van der Waals surface area contributed by atoms with E-state index < -0.39 is 41.7 Å². The lowest BCUT2D eigenvalue weighted by molar-refractivity contribution is -0.0472. The van der Waals surface area contributed by atoms with Gasteiger partial charge in [-0.05, 0) is 17.2 Å². The predicted molar refractivity (Wildman–Crippen MR) is 117 cm³/mol. The van der Waals surface area contributed by atoms with Gasteiger partial charge in [-0.3, -0.25) is 0 Å². The first-order valence-corrected chi connectivity index (χ1v) is 12.3. The van der Waals surface area contributed by atoms with Crippen LogP contribution in [0.25, 0.3) is 10.8 Å². The summed E-state index contributed by atoms with van der Waals surface area (Å²) in [5.41, 5.74) is -12.1. The van der Waals surface area contributed by atoms with Crippen LogP contribution in [0, 0.1) is 0 Å². The fourth-order valence-electron chi connectivity index (χ4n) is 2.04. The average Bonchev–Trinajstić information content (AvgIpc) is 2.70. The molecule has 2 aromatic carbocycles. The minimum Gasteiger partial charge on any atom is -0.218 e. The molecule has 0 fully saturated rings. The van der Waals surface area contributed by atoms with Gasteiger partial charge in [-0.2, -0.15) is 26.3 Å². The molecule has 12 heteroatoms. The fraction of sp³-hybridized carbons (Fsp3) is 0.500. The van der Waals surface area contributed by atoms with Crippen LogP contribution in [0.5, 0.6) is 0 Å². The topological polar surface area (TPSA) is 68.3 Å². The van der Waals surface area contributed by atoms with Crippen LogP contribution in [0.1, 0.15) is 48.5 Å². The van der Waals surface area contributed by atoms with Gasteiger partial charge in [0.15, 0.2) is 4.58 Å². The summed E-state index contributed by atoms with van der Waals surface area (Å²) in [6.45, 7) is 8.59. The summed E-state index contributed by atoms with van der Waals surface area (Å²) in [5.74, 6) is 0. The van der Waals surface area contributed by atoms with Crippen LogP contribution >= 0.6 is 0 Å². The molecule has 0 amide bonds. The van der Waals surface area contributed by atoms with Crippen molar-refractivity contribution < 1.29 is 43.2 Å². The third kappa shape index (κ3) is 8.97. The zero-order chi connectivity index (χ0) is 25.1. The van der Waals surface area contributed by atoms with Crippen molar-refractivity contribution in [1.82, 2.24) is 0 Å². The van der Waals surface area contributed by atoms with Gasteiger partial charge >= 0.3 is 11.0 Å². The molecule has 0 radical (unpaired) electrons. The number of rotatable bonds is 3. The van der Waals surface area contributed by atoms with Gasteiger partial charge in [-0.1, -0.05) is 90.6 Å². The monoisotopic (exact) mass is 512 g/mol. The van der Waals surface area contributed by atoms with E-state index in [1.807, 2.05) is 27.7 Å². The van der Waals surface area contributed by atoms with E-state index in [0.717, 1.165) is 0 Å². The minimum atomic E-state index is -6.44. The molecule has 0 aliphatic heterocycles. The number of fused-ring (bicyclic) bond motifs is 1. The number of alkyl halides is 6. The zero-order valence-corrected chi connectivity index (χ0v) is 19.3. The Morgan fingerprint density at radius 2 is 0.875 bits per heavy atom. The minimum absolute atomic E-state index is 0. The first-order chi connectivity index (χ1) is 14.2. The first kappa shape index (κ1) is 34.8. The molecule has 0 N–H and O–H groups in total. The molecule has 32 heavy (non-hydrogen) atoms. The molecule has 0 unspecified atom stereocenters. The summed E-state index contributed by atoms with van der Waals surface area (Å²) in [4.78, 5) is 0. The summed E-state index contributed by atoms with van der Waals surface area (Å²) in [5, 5.41) is 2.62. The maximum absolute atomic E-state index is 12.0. The molecule has 2 aromatic rings. The molecule has 0 heterocycles. The van der Waals surface area contributed by atoms with Crippen molar-refractivity contribution in [2.75, 3.05) is 0 Å². The van der Waals surface area contributed by atoms with Crippen molar-refractivity contribution in [2.24, 2.45) is 0 Å². The van der Waals surface area contributed by atoms with Crippen molar-refractivity contribution in [3.63, 3.8) is 0 Å². The second-order valence-corrected chi connectivity index (χ2v) is 9.71. The molecule has 0 saturated heterocycles. The Labute approximate surface area is 186 Å². The number of hydrogen-bond donors (Lipinski definition) is 0. The Balaban J connectivity index is -0.000000474. The Kier molecular flexibility index (Phi) is 15.6. The van der Waals surface area contributed by atoms with Gasteiger partial charge in [-0.25, -0.2) is 16.8 Å². The van der Waals surface area contributed by atoms with Crippen LogP contribution in [0.3, 0.4) is 0 Å². The van der Waals surface area contributed by atoms with Gasteiger partial charge in [0.05, 0.1) is 0 Å². The van der Waals surface area contributed by atoms with E-state index in [4.69, 9.17) is 0 Å². The summed E-state index contributed by atoms with van der Waals surface area (Å²) < 4.78 is 111. The second kappa shape index (κ2) is 14.4. The molecule has 0 saturated carbocycles. The highest BCUT2D eigenvalue weighted by Gasteiger charge is 2.62. The number of halogens is 6. The van der Waals surface area contributed by atoms with E-state index in [-0.39, 0.29) is 7.43 Å². The summed E-state index contributed by atoms with van der Waals surface area (Å²) >= 11 is 0. The highest BCUT2D eigenvalue weighted by Crippen LogP contribution is 2.37. The number of benzene rings is 2. The van der Waals surface area contributed by atoms with E-state index in [1.165, 1.54) is 10.8 Å². The second-order valence-electron chi connectivity index (χ2n) is 5.17. The molecule has 188 valence electrons. The molecular formula is C20H30F6O4S2. The first-order valence-electron chi connectivity index (χ1n) is 9.20. The Morgan fingerprint density at radius 3 is 1.03 bits per heavy atom. The molecule has 4 nitrogen and oxygen atoms in total. The lowest BCUT2D eigenvalue weighted by Crippen LogP contribution is -2.44. The lowest BCUT2D eigenvalue weighted by atomic mass is 10.1. The van der Waals surface area contributed by atoms with Crippen LogP contribution in [0.2, 0.25) is 0 Å². The molecule has 2 rings (SSSR count). The molecule has 0 spiro atoms. The Morgan fingerprint density at radius 1 is 0.656 bits per heavy atom. The lowest BCUT2D eigenvalue weighted by Gasteiger charge is -2.19. The SMILES string of the molecule is C.CC.CC.CCC(S(=O)(=O)C(F)(F)F)S(=O)(=O)C(F)(F)F.c1ccc2ccccc2c1. The number of hydrogen-bond acceptors (Lipinski definition) is 4. The van der Waals surface area contributed by atoms with Crippen molar-refractivity contribution in [3.8, 4) is 0 Å². The standard InChI is InChI=1S/C10H8.C5H6F6O4S2.2C2H6.CH4/c1-2-6-10-8-4-3-7-9(10)5-1;1-2-3(16(12,13)4(6,7)8)17(14,15)5(9,10)11;2*1-2;/h1-8H;3H,2H2,1H3;2*1-2H3;1H4. The van der Waals surface area contributed by atoms with E-state index in [2.05, 4.69) is 48.5 Å². The van der Waals surface area contributed by atoms with Crippen LogP contribution in [-0.2, 0) is 19.7 Å². The van der Waals surface area contributed by atoms with Crippen LogP contribution < -0.4 is 0 Å². The maximum Gasteiger partial charge on any atom is 0.498 e. The molecule has 0 aliphatic carbocycles. The van der Waals surface area contributed by atoms with Gasteiger partial charge in [0.1, 0.15) is 0 Å². The third-order valence-electron chi connectivity index (χ3n) is 3.33. The van der Waals surface area contributed by atoms with Crippen molar-refractivity contribution >= 4 is 30.4 Å². The van der Waals surface area contributed by atoms with Gasteiger partial charge in [0.2, 0.25) is 0 Å². The van der Waals surface area contributed by atoms with Crippen LogP contribution in [0.15, 0.2) is 48.5 Å². The smallest absolute Gasteiger partial charge is 0.218 e. The normalized spacial score (nSPS) is 11.6. The average molecular weight is 513 g/mol. The maximum atomic E-state index is 12.0. The van der Waals surface area contributed by atoms with E-state index in [1.54, 1.807) is 0 Å². The highest BCUT2D eigenvalue weighted by atomic mass is 32.3. The van der Waals surface area contributed by atoms with Crippen molar-refractivity contribution in [2.45, 2.75) is 64.1 Å². The van der Waals surface area contributed by atoms with Gasteiger partial charge in [-0.15, -0.1) is 0 Å². The predicted octanol–water partition coefficient (Wildman–Crippen LogP) is 7.12. The molecule has 0 atom stereocenters. The zero-order valence-electron chi connectivity index (χ0n) is 17.6. The Hall–Kier alpha value is -1.82. The quantitative estimate of drug-likeness (QED) is 0.411. The van der Waals surface area contributed by atoms with Gasteiger partial charge in [0, 0.05) is 0 Å². The van der Waals surface area contributed by atoms with E-state index in [9.17, 15) is 43.2 Å². The summed E-state index contributed by atoms with van der Waals surface area (Å²) in [6.07, 6.45) is -1.36. The van der Waals surface area contributed by atoms with Gasteiger partial charge in [0.25, 0.3) is 19.7 Å². The molecule has 0 aliphatic rings. The largest absolute Gasteiger partial charge is 0.498 e. The third-order valence-corrected chi connectivity index (χ3v) is 8.19. The van der Waals surface area contributed by atoms with Crippen molar-refractivity contribution in [3.05, 3.63) is 48.5 Å². The number of sulfone groups is 2. The highest BCUT2D eigenvalue weighted by molar-refractivity contribution is 8.09. The van der Waals surface area contributed by atoms with Crippen LogP contribution in [0.4, 0.5) is 26.3 Å². The molecule has 0 bridgehead atoms. The van der Waals surface area contributed by atoms with Gasteiger partial charge < -0.3 is 0 Å². The van der Waals surface area contributed by atoms with E-state index >= 15 is 0 Å². The summed E-state index contributed by atoms with van der Waals surface area (Å²) in [6, 6.07) is 16.7.